The molecule has 242 valence electrons. The number of fused-ring (bicyclic) bond motifs is 3. The molecule has 0 heterocycles. The summed E-state index contributed by atoms with van der Waals surface area (Å²) < 4.78 is 0. The lowest BCUT2D eigenvalue weighted by Gasteiger charge is -2.29. The summed E-state index contributed by atoms with van der Waals surface area (Å²) >= 11 is 0. The molecule has 0 fully saturated rings. The fraction of sp³-hybridized carbons (Fsp3) is 0.0638. The lowest BCUT2D eigenvalue weighted by Crippen LogP contribution is -2.17. The first-order valence-corrected chi connectivity index (χ1v) is 17.0. The number of hydrogen-bond acceptors (Lipinski definition) is 3. The maximum Gasteiger partial charge on any atom is 0.187 e. The van der Waals surface area contributed by atoms with Crippen molar-refractivity contribution in [3.63, 3.8) is 0 Å². The molecule has 7 aromatic carbocycles. The van der Waals surface area contributed by atoms with Gasteiger partial charge in [0.05, 0.1) is 18.2 Å². The van der Waals surface area contributed by atoms with Gasteiger partial charge < -0.3 is 9.80 Å². The summed E-state index contributed by atoms with van der Waals surface area (Å²) in [5.41, 5.74) is 14.5. The Kier molecular flexibility index (Phi) is 7.92. The average Bonchev–Trinajstić information content (AvgIpc) is 3.41. The molecule has 8 rings (SSSR count). The van der Waals surface area contributed by atoms with Crippen LogP contribution in [0.4, 0.5) is 39.8 Å². The minimum atomic E-state index is -0.277. The van der Waals surface area contributed by atoms with Crippen molar-refractivity contribution in [3.8, 4) is 28.3 Å². The van der Waals surface area contributed by atoms with Gasteiger partial charge in [0.25, 0.3) is 0 Å². The van der Waals surface area contributed by atoms with Gasteiger partial charge in [0.15, 0.2) is 5.69 Å². The van der Waals surface area contributed by atoms with Crippen molar-refractivity contribution in [1.29, 1.82) is 5.26 Å². The highest BCUT2D eigenvalue weighted by Gasteiger charge is 2.37. The molecule has 0 aliphatic heterocycles. The van der Waals surface area contributed by atoms with Crippen LogP contribution in [-0.2, 0) is 5.41 Å². The van der Waals surface area contributed by atoms with Gasteiger partial charge in [0, 0.05) is 39.5 Å². The molecule has 1 aliphatic carbocycles. The number of benzene rings is 7. The van der Waals surface area contributed by atoms with E-state index in [9.17, 15) is 5.26 Å². The molecule has 51 heavy (non-hydrogen) atoms. The second-order valence-electron chi connectivity index (χ2n) is 13.3. The molecule has 0 radical (unpaired) electrons. The number of nitriles is 1. The van der Waals surface area contributed by atoms with E-state index in [0.717, 1.165) is 39.7 Å². The maximum atomic E-state index is 9.52. The summed E-state index contributed by atoms with van der Waals surface area (Å²) in [5.74, 6) is 0. The van der Waals surface area contributed by atoms with Crippen LogP contribution >= 0.6 is 0 Å². The SMILES string of the molecule is [C-]#[N+]c1ccc(N(c2ccccc2)c2ccc3c(c2)C(C)(C)c2cc(N(c4ccc(C#N)cc4)c4ccc(-c5ccccc5)cc4)ccc2-3)cc1. The number of rotatable bonds is 7. The molecular formula is C47H34N4. The van der Waals surface area contributed by atoms with E-state index in [4.69, 9.17) is 6.57 Å². The van der Waals surface area contributed by atoms with E-state index in [-0.39, 0.29) is 5.41 Å². The molecule has 0 N–H and O–H groups in total. The van der Waals surface area contributed by atoms with Crippen LogP contribution in [0.1, 0.15) is 30.5 Å². The zero-order valence-electron chi connectivity index (χ0n) is 28.5. The van der Waals surface area contributed by atoms with E-state index >= 15 is 0 Å². The van der Waals surface area contributed by atoms with Crippen LogP contribution in [0.2, 0.25) is 0 Å². The van der Waals surface area contributed by atoms with Crippen molar-refractivity contribution in [3.05, 3.63) is 198 Å². The predicted octanol–water partition coefficient (Wildman–Crippen LogP) is 13.0. The topological polar surface area (TPSA) is 34.6 Å². The monoisotopic (exact) mass is 654 g/mol. The zero-order valence-corrected chi connectivity index (χ0v) is 28.5. The van der Waals surface area contributed by atoms with E-state index in [1.807, 2.05) is 60.7 Å². The molecule has 7 aromatic rings. The largest absolute Gasteiger partial charge is 0.311 e. The van der Waals surface area contributed by atoms with Crippen molar-refractivity contribution in [2.45, 2.75) is 19.3 Å². The lowest BCUT2D eigenvalue weighted by atomic mass is 9.82. The molecule has 0 saturated heterocycles. The van der Waals surface area contributed by atoms with Crippen LogP contribution in [0, 0.1) is 17.9 Å². The van der Waals surface area contributed by atoms with Crippen LogP contribution < -0.4 is 9.80 Å². The van der Waals surface area contributed by atoms with Gasteiger partial charge in [0.2, 0.25) is 0 Å². The fourth-order valence-electron chi connectivity index (χ4n) is 7.26. The standard InChI is InChI=1S/C47H34N4/c1-47(2)45-30-41(50(37-12-8-5-9-13-37)40-24-18-36(49-3)19-25-40)26-28-43(45)44-29-27-42(31-46(44)47)51(38-20-14-33(32-48)15-21-38)39-22-16-35(17-23-39)34-10-6-4-7-11-34/h4-31H,1-2H3. The van der Waals surface area contributed by atoms with Crippen molar-refractivity contribution in [1.82, 2.24) is 0 Å². The average molecular weight is 655 g/mol. The molecule has 0 saturated carbocycles. The number of anilines is 6. The van der Waals surface area contributed by atoms with Gasteiger partial charge in [0.1, 0.15) is 0 Å². The predicted molar refractivity (Wildman–Crippen MR) is 210 cm³/mol. The third kappa shape index (κ3) is 5.70. The van der Waals surface area contributed by atoms with Gasteiger partial charge in [-0.05, 0) is 118 Å². The Bertz CT molecular complexity index is 2430. The van der Waals surface area contributed by atoms with E-state index in [2.05, 4.69) is 144 Å². The Balaban J connectivity index is 1.21. The molecule has 4 heteroatoms. The molecule has 0 amide bonds. The Morgan fingerprint density at radius 3 is 1.39 bits per heavy atom. The van der Waals surface area contributed by atoms with Crippen molar-refractivity contribution >= 4 is 39.8 Å². The summed E-state index contributed by atoms with van der Waals surface area (Å²) in [7, 11) is 0. The fourth-order valence-corrected chi connectivity index (χ4v) is 7.26. The molecule has 1 aliphatic rings. The maximum absolute atomic E-state index is 9.52. The van der Waals surface area contributed by atoms with Gasteiger partial charge in [-0.3, -0.25) is 0 Å². The van der Waals surface area contributed by atoms with E-state index < -0.39 is 0 Å². The van der Waals surface area contributed by atoms with Crippen LogP contribution in [0.25, 0.3) is 27.1 Å². The van der Waals surface area contributed by atoms with Gasteiger partial charge in [-0.1, -0.05) is 98.8 Å². The Labute approximate surface area is 299 Å². The van der Waals surface area contributed by atoms with Crippen molar-refractivity contribution in [2.24, 2.45) is 0 Å². The second-order valence-corrected chi connectivity index (χ2v) is 13.3. The summed E-state index contributed by atoms with van der Waals surface area (Å²) in [6, 6.07) is 60.9. The smallest absolute Gasteiger partial charge is 0.187 e. The van der Waals surface area contributed by atoms with E-state index in [1.165, 1.54) is 27.8 Å². The zero-order chi connectivity index (χ0) is 35.0. The van der Waals surface area contributed by atoms with Gasteiger partial charge >= 0.3 is 0 Å². The first kappa shape index (κ1) is 31.4. The Morgan fingerprint density at radius 2 is 0.902 bits per heavy atom. The van der Waals surface area contributed by atoms with Gasteiger partial charge in [-0.2, -0.15) is 5.26 Å². The Morgan fingerprint density at radius 1 is 0.490 bits per heavy atom. The molecule has 0 unspecified atom stereocenters. The molecule has 0 atom stereocenters. The number of para-hydroxylation sites is 1. The second kappa shape index (κ2) is 12.9. The number of hydrogen-bond donors (Lipinski definition) is 0. The van der Waals surface area contributed by atoms with Crippen LogP contribution in [0.15, 0.2) is 170 Å². The molecule has 0 aromatic heterocycles. The molecule has 0 spiro atoms. The molecular weight excluding hydrogens is 621 g/mol. The first-order chi connectivity index (χ1) is 24.9. The summed E-state index contributed by atoms with van der Waals surface area (Å²) in [5, 5.41) is 9.52. The quantitative estimate of drug-likeness (QED) is 0.160. The summed E-state index contributed by atoms with van der Waals surface area (Å²) in [6.07, 6.45) is 0. The van der Waals surface area contributed by atoms with Gasteiger partial charge in [-0.25, -0.2) is 4.85 Å². The van der Waals surface area contributed by atoms with Gasteiger partial charge in [-0.15, -0.1) is 0 Å². The third-order valence-corrected chi connectivity index (χ3v) is 9.90. The Hall–Kier alpha value is -6.88. The highest BCUT2D eigenvalue weighted by Crippen LogP contribution is 2.52. The first-order valence-electron chi connectivity index (χ1n) is 17.0. The summed E-state index contributed by atoms with van der Waals surface area (Å²) in [4.78, 5) is 8.13. The van der Waals surface area contributed by atoms with Crippen molar-refractivity contribution in [2.75, 3.05) is 9.80 Å². The van der Waals surface area contributed by atoms with Crippen LogP contribution in [0.5, 0.6) is 0 Å². The highest BCUT2D eigenvalue weighted by atomic mass is 15.1. The summed E-state index contributed by atoms with van der Waals surface area (Å²) in [6.45, 7) is 12.1. The minimum Gasteiger partial charge on any atom is -0.311 e. The van der Waals surface area contributed by atoms with Crippen molar-refractivity contribution < 1.29 is 0 Å². The van der Waals surface area contributed by atoms with Crippen LogP contribution in [-0.4, -0.2) is 0 Å². The van der Waals surface area contributed by atoms with E-state index in [1.54, 1.807) is 0 Å². The normalized spacial score (nSPS) is 12.2. The van der Waals surface area contributed by atoms with Crippen LogP contribution in [0.3, 0.4) is 0 Å². The lowest BCUT2D eigenvalue weighted by molar-refractivity contribution is 0.660. The third-order valence-electron chi connectivity index (χ3n) is 9.90. The minimum absolute atomic E-state index is 0.277. The van der Waals surface area contributed by atoms with E-state index in [0.29, 0.717) is 11.3 Å². The molecule has 0 bridgehead atoms. The number of nitrogens with zero attached hydrogens (tertiary/aromatic N) is 4. The highest BCUT2D eigenvalue weighted by molar-refractivity contribution is 5.88. The molecule has 4 nitrogen and oxygen atoms in total.